The van der Waals surface area contributed by atoms with E-state index in [0.29, 0.717) is 11.6 Å². The summed E-state index contributed by atoms with van der Waals surface area (Å²) in [5.41, 5.74) is 4.18. The maximum Gasteiger partial charge on any atom is 0.226 e. The third kappa shape index (κ3) is 5.89. The second kappa shape index (κ2) is 10.2. The summed E-state index contributed by atoms with van der Waals surface area (Å²) in [6.45, 7) is 5.02. The molecule has 1 aromatic heterocycles. The first-order chi connectivity index (χ1) is 14.7. The van der Waals surface area contributed by atoms with Gasteiger partial charge in [-0.2, -0.15) is 0 Å². The van der Waals surface area contributed by atoms with Crippen molar-refractivity contribution in [3.63, 3.8) is 0 Å². The minimum atomic E-state index is -0.0392. The third-order valence-corrected chi connectivity index (χ3v) is 6.20. The Bertz CT molecular complexity index is 967. The highest BCUT2D eigenvalue weighted by molar-refractivity contribution is 7.13. The van der Waals surface area contributed by atoms with Crippen LogP contribution in [0, 0.1) is 0 Å². The predicted molar refractivity (Wildman–Crippen MR) is 121 cm³/mol. The van der Waals surface area contributed by atoms with E-state index in [4.69, 9.17) is 16.3 Å². The lowest BCUT2D eigenvalue weighted by molar-refractivity contribution is -0.120. The average molecular weight is 442 g/mol. The summed E-state index contributed by atoms with van der Waals surface area (Å²) in [7, 11) is 0. The van der Waals surface area contributed by atoms with E-state index in [1.807, 2.05) is 29.6 Å². The van der Waals surface area contributed by atoms with Gasteiger partial charge in [0.05, 0.1) is 25.3 Å². The second-order valence-electron chi connectivity index (χ2n) is 7.31. The first kappa shape index (κ1) is 21.0. The maximum atomic E-state index is 12.2. The Balaban J connectivity index is 1.29. The smallest absolute Gasteiger partial charge is 0.226 e. The number of hydrogen-bond acceptors (Lipinski definition) is 5. The topological polar surface area (TPSA) is 54.5 Å². The van der Waals surface area contributed by atoms with Gasteiger partial charge < -0.3 is 10.1 Å². The summed E-state index contributed by atoms with van der Waals surface area (Å²) >= 11 is 7.46. The number of amides is 1. The van der Waals surface area contributed by atoms with Gasteiger partial charge in [0.15, 0.2) is 0 Å². The van der Waals surface area contributed by atoms with E-state index in [9.17, 15) is 4.79 Å². The molecule has 7 heteroatoms. The maximum absolute atomic E-state index is 12.2. The van der Waals surface area contributed by atoms with Crippen LogP contribution in [0.3, 0.4) is 0 Å². The van der Waals surface area contributed by atoms with Crippen LogP contribution in [0.15, 0.2) is 53.9 Å². The number of nitrogens with one attached hydrogen (secondary N) is 1. The van der Waals surface area contributed by atoms with Crippen LogP contribution in [-0.4, -0.2) is 42.1 Å². The van der Waals surface area contributed by atoms with Gasteiger partial charge in [0.1, 0.15) is 5.01 Å². The molecule has 5 nitrogen and oxygen atoms in total. The summed E-state index contributed by atoms with van der Waals surface area (Å²) in [6.07, 6.45) is 0.277. The Labute approximate surface area is 185 Å². The van der Waals surface area contributed by atoms with Crippen molar-refractivity contribution in [2.45, 2.75) is 19.5 Å². The zero-order chi connectivity index (χ0) is 20.8. The van der Waals surface area contributed by atoms with E-state index in [2.05, 4.69) is 39.5 Å². The molecule has 0 bridgehead atoms. The van der Waals surface area contributed by atoms with Gasteiger partial charge in [-0.05, 0) is 23.3 Å². The quantitative estimate of drug-likeness (QED) is 0.598. The number of rotatable bonds is 7. The van der Waals surface area contributed by atoms with Gasteiger partial charge >= 0.3 is 0 Å². The highest BCUT2D eigenvalue weighted by atomic mass is 35.5. The summed E-state index contributed by atoms with van der Waals surface area (Å²) in [5, 5.41) is 6.52. The first-order valence-corrected chi connectivity index (χ1v) is 11.3. The summed E-state index contributed by atoms with van der Waals surface area (Å²) in [4.78, 5) is 19.3. The molecule has 0 spiro atoms. The summed E-state index contributed by atoms with van der Waals surface area (Å²) in [6, 6.07) is 16.0. The van der Waals surface area contributed by atoms with E-state index < -0.39 is 0 Å². The zero-order valence-corrected chi connectivity index (χ0v) is 18.2. The number of benzene rings is 2. The number of carbonyl (C=O) groups is 1. The minimum Gasteiger partial charge on any atom is -0.379 e. The van der Waals surface area contributed by atoms with Crippen LogP contribution in [0.25, 0.3) is 10.6 Å². The number of morpholine rings is 1. The normalized spacial score (nSPS) is 14.6. The van der Waals surface area contributed by atoms with Gasteiger partial charge in [-0.15, -0.1) is 11.3 Å². The average Bonchev–Trinajstić information content (AvgIpc) is 3.23. The predicted octanol–water partition coefficient (Wildman–Crippen LogP) is 4.15. The zero-order valence-electron chi connectivity index (χ0n) is 16.6. The van der Waals surface area contributed by atoms with Crippen molar-refractivity contribution in [2.75, 3.05) is 26.3 Å². The van der Waals surface area contributed by atoms with E-state index in [1.165, 1.54) is 5.56 Å². The molecule has 0 aliphatic carbocycles. The molecule has 0 radical (unpaired) electrons. The van der Waals surface area contributed by atoms with Crippen molar-refractivity contribution in [1.82, 2.24) is 15.2 Å². The number of aromatic nitrogens is 1. The summed E-state index contributed by atoms with van der Waals surface area (Å²) < 4.78 is 5.40. The molecule has 1 amide bonds. The molecule has 0 unspecified atom stereocenters. The highest BCUT2D eigenvalue weighted by Crippen LogP contribution is 2.24. The van der Waals surface area contributed by atoms with Crippen LogP contribution in [-0.2, 0) is 29.0 Å². The van der Waals surface area contributed by atoms with Gasteiger partial charge in [-0.25, -0.2) is 4.98 Å². The van der Waals surface area contributed by atoms with Crippen LogP contribution < -0.4 is 5.32 Å². The first-order valence-electron chi connectivity index (χ1n) is 10.0. The van der Waals surface area contributed by atoms with Crippen LogP contribution in [0.1, 0.15) is 16.8 Å². The Hall–Kier alpha value is -2.25. The third-order valence-electron chi connectivity index (χ3n) is 5.01. The number of thiazole rings is 1. The number of nitrogens with zero attached hydrogens (tertiary/aromatic N) is 2. The van der Waals surface area contributed by atoms with Crippen molar-refractivity contribution in [3.8, 4) is 10.6 Å². The fourth-order valence-corrected chi connectivity index (χ4v) is 4.27. The molecule has 0 atom stereocenters. The molecule has 2 aromatic carbocycles. The van der Waals surface area contributed by atoms with Crippen molar-refractivity contribution in [1.29, 1.82) is 0 Å². The van der Waals surface area contributed by atoms with Crippen molar-refractivity contribution in [2.24, 2.45) is 0 Å². The molecule has 1 aliphatic heterocycles. The fraction of sp³-hybridized carbons (Fsp3) is 0.304. The van der Waals surface area contributed by atoms with E-state index in [1.54, 1.807) is 11.3 Å². The highest BCUT2D eigenvalue weighted by Gasteiger charge is 2.12. The monoisotopic (exact) mass is 441 g/mol. The molecule has 0 saturated carbocycles. The molecule has 1 N–H and O–H groups in total. The lowest BCUT2D eigenvalue weighted by Crippen LogP contribution is -2.35. The standard InChI is InChI=1S/C23H24ClN3O2S/c24-20-7-3-17(4-8-20)14-25-22(28)13-21-16-30-23(26-21)19-5-1-18(2-6-19)15-27-9-11-29-12-10-27/h1-8,16H,9-15H2,(H,25,28). The van der Waals surface area contributed by atoms with Crippen molar-refractivity contribution >= 4 is 28.8 Å². The Kier molecular flexibility index (Phi) is 7.12. The Morgan fingerprint density at radius 1 is 1.07 bits per heavy atom. The lowest BCUT2D eigenvalue weighted by atomic mass is 10.1. The van der Waals surface area contributed by atoms with Crippen LogP contribution in [0.5, 0.6) is 0 Å². The molecule has 2 heterocycles. The second-order valence-corrected chi connectivity index (χ2v) is 8.60. The molecule has 4 rings (SSSR count). The van der Waals surface area contributed by atoms with E-state index in [-0.39, 0.29) is 12.3 Å². The molecular formula is C23H24ClN3O2S. The van der Waals surface area contributed by atoms with Gasteiger partial charge in [-0.3, -0.25) is 9.69 Å². The molecule has 3 aromatic rings. The molecule has 1 aliphatic rings. The minimum absolute atomic E-state index is 0.0392. The van der Waals surface area contributed by atoms with E-state index in [0.717, 1.165) is 54.7 Å². The van der Waals surface area contributed by atoms with Crippen LogP contribution >= 0.6 is 22.9 Å². The van der Waals surface area contributed by atoms with Gasteiger partial charge in [-0.1, -0.05) is 48.0 Å². The van der Waals surface area contributed by atoms with Crippen molar-refractivity contribution < 1.29 is 9.53 Å². The molecule has 30 heavy (non-hydrogen) atoms. The fourth-order valence-electron chi connectivity index (χ4n) is 3.32. The van der Waals surface area contributed by atoms with Gasteiger partial charge in [0, 0.05) is 42.1 Å². The lowest BCUT2D eigenvalue weighted by Gasteiger charge is -2.26. The number of hydrogen-bond donors (Lipinski definition) is 1. The van der Waals surface area contributed by atoms with Crippen LogP contribution in [0.4, 0.5) is 0 Å². The molecule has 1 fully saturated rings. The van der Waals surface area contributed by atoms with Crippen molar-refractivity contribution in [3.05, 3.63) is 75.8 Å². The van der Waals surface area contributed by atoms with Crippen LogP contribution in [0.2, 0.25) is 5.02 Å². The molecule has 1 saturated heterocycles. The van der Waals surface area contributed by atoms with E-state index >= 15 is 0 Å². The van der Waals surface area contributed by atoms with Gasteiger partial charge in [0.25, 0.3) is 0 Å². The Morgan fingerprint density at radius 2 is 1.77 bits per heavy atom. The SMILES string of the molecule is O=C(Cc1csc(-c2ccc(CN3CCOCC3)cc2)n1)NCc1ccc(Cl)cc1. The summed E-state index contributed by atoms with van der Waals surface area (Å²) in [5.74, 6) is -0.0392. The number of halogens is 1. The molecular weight excluding hydrogens is 418 g/mol. The number of carbonyl (C=O) groups excluding carboxylic acids is 1. The molecule has 156 valence electrons. The Morgan fingerprint density at radius 3 is 2.50 bits per heavy atom. The largest absolute Gasteiger partial charge is 0.379 e. The number of ether oxygens (including phenoxy) is 1. The van der Waals surface area contributed by atoms with Gasteiger partial charge in [0.2, 0.25) is 5.91 Å².